The lowest BCUT2D eigenvalue weighted by Gasteiger charge is -1.86. The zero-order chi connectivity index (χ0) is 8.83. The fourth-order valence-electron chi connectivity index (χ4n) is 0.204. The third-order valence-corrected chi connectivity index (χ3v) is 0.408. The van der Waals surface area contributed by atoms with Gasteiger partial charge in [0.15, 0.2) is 0 Å². The average molecular weight is 147 g/mol. The van der Waals surface area contributed by atoms with Gasteiger partial charge in [0.1, 0.15) is 0 Å². The third-order valence-electron chi connectivity index (χ3n) is 0.408. The van der Waals surface area contributed by atoms with E-state index in [9.17, 15) is 0 Å². The predicted molar refractivity (Wildman–Crippen MR) is 41.6 cm³/mol. The van der Waals surface area contributed by atoms with E-state index in [1.165, 1.54) is 6.92 Å². The minimum absolute atomic E-state index is 0.844. The molecule has 3 nitrogen and oxygen atoms in total. The van der Waals surface area contributed by atoms with Gasteiger partial charge >= 0.3 is 0 Å². The lowest BCUT2D eigenvalue weighted by Crippen LogP contribution is -1.84. The molecular weight excluding hydrogens is 130 g/mol. The molecular formula is C7H17NO2. The molecule has 1 N–H and O–H groups in total. The van der Waals surface area contributed by atoms with E-state index in [2.05, 4.69) is 0 Å². The Morgan fingerprint density at radius 2 is 1.50 bits per heavy atom. The molecule has 0 aliphatic carbocycles. The van der Waals surface area contributed by atoms with Crippen molar-refractivity contribution in [3.05, 3.63) is 0 Å². The largest absolute Gasteiger partial charge is 0.400 e. The van der Waals surface area contributed by atoms with E-state index in [-0.39, 0.29) is 0 Å². The lowest BCUT2D eigenvalue weighted by molar-refractivity contribution is 0.162. The van der Waals surface area contributed by atoms with Gasteiger partial charge in [0.2, 0.25) is 0 Å². The van der Waals surface area contributed by atoms with Crippen molar-refractivity contribution in [2.24, 2.45) is 0 Å². The van der Waals surface area contributed by atoms with Crippen molar-refractivity contribution in [3.63, 3.8) is 0 Å². The normalized spacial score (nSPS) is 5.60. The highest BCUT2D eigenvalue weighted by Crippen LogP contribution is 1.64. The molecule has 62 valence electrons. The molecule has 3 heteroatoms. The SMILES string of the molecule is CC#N.CCOCC.CO. The van der Waals surface area contributed by atoms with Crippen LogP contribution in [0.2, 0.25) is 0 Å². The van der Waals surface area contributed by atoms with Crippen molar-refractivity contribution in [2.45, 2.75) is 20.8 Å². The molecule has 0 radical (unpaired) electrons. The van der Waals surface area contributed by atoms with Crippen LogP contribution in [0.4, 0.5) is 0 Å². The van der Waals surface area contributed by atoms with Crippen molar-refractivity contribution >= 4 is 0 Å². The van der Waals surface area contributed by atoms with Crippen LogP contribution in [0.15, 0.2) is 0 Å². The first kappa shape index (κ1) is 16.2. The third kappa shape index (κ3) is 153. The molecule has 0 aromatic heterocycles. The molecule has 0 bridgehead atoms. The van der Waals surface area contributed by atoms with Crippen LogP contribution in [0.3, 0.4) is 0 Å². The van der Waals surface area contributed by atoms with Gasteiger partial charge in [-0.15, -0.1) is 0 Å². The first-order valence-corrected chi connectivity index (χ1v) is 3.16. The van der Waals surface area contributed by atoms with Crippen LogP contribution in [-0.4, -0.2) is 25.4 Å². The molecule has 0 fully saturated rings. The Kier molecular flexibility index (Phi) is 64.3. The molecule has 0 heterocycles. The number of aliphatic hydroxyl groups is 1. The maximum atomic E-state index is 7.32. The van der Waals surface area contributed by atoms with E-state index in [4.69, 9.17) is 15.1 Å². The molecule has 0 unspecified atom stereocenters. The van der Waals surface area contributed by atoms with Gasteiger partial charge in [-0.2, -0.15) is 5.26 Å². The molecule has 0 aromatic rings. The fraction of sp³-hybridized carbons (Fsp3) is 0.857. The van der Waals surface area contributed by atoms with E-state index in [1.54, 1.807) is 6.07 Å². The Morgan fingerprint density at radius 1 is 1.30 bits per heavy atom. The highest BCUT2D eigenvalue weighted by Gasteiger charge is 1.64. The summed E-state index contributed by atoms with van der Waals surface area (Å²) in [6.07, 6.45) is 0. The number of nitrogens with zero attached hydrogens (tertiary/aromatic N) is 1. The Balaban J connectivity index is -0.0000000847. The molecule has 0 spiro atoms. The van der Waals surface area contributed by atoms with Crippen molar-refractivity contribution < 1.29 is 9.84 Å². The zero-order valence-electron chi connectivity index (χ0n) is 7.22. The summed E-state index contributed by atoms with van der Waals surface area (Å²) in [7, 11) is 1.00. The molecule has 0 saturated carbocycles. The molecule has 0 rings (SSSR count). The van der Waals surface area contributed by atoms with E-state index in [0.717, 1.165) is 20.3 Å². The number of rotatable bonds is 2. The summed E-state index contributed by atoms with van der Waals surface area (Å²) in [6.45, 7) is 7.10. The van der Waals surface area contributed by atoms with Crippen LogP contribution in [0.1, 0.15) is 20.8 Å². The van der Waals surface area contributed by atoms with Gasteiger partial charge in [0.05, 0.1) is 6.07 Å². The summed E-state index contributed by atoms with van der Waals surface area (Å²) >= 11 is 0. The minimum Gasteiger partial charge on any atom is -0.400 e. The minimum atomic E-state index is 0.844. The zero-order valence-corrected chi connectivity index (χ0v) is 7.22. The number of hydrogen-bond acceptors (Lipinski definition) is 3. The van der Waals surface area contributed by atoms with E-state index in [1.807, 2.05) is 13.8 Å². The van der Waals surface area contributed by atoms with Gasteiger partial charge < -0.3 is 9.84 Å². The monoisotopic (exact) mass is 147 g/mol. The Bertz CT molecular complexity index is 57.1. The Labute approximate surface area is 63.2 Å². The van der Waals surface area contributed by atoms with Crippen molar-refractivity contribution in [1.82, 2.24) is 0 Å². The smallest absolute Gasteiger partial charge is 0.0587 e. The van der Waals surface area contributed by atoms with Crippen LogP contribution in [0, 0.1) is 11.3 Å². The van der Waals surface area contributed by atoms with Crippen LogP contribution >= 0.6 is 0 Å². The van der Waals surface area contributed by atoms with E-state index < -0.39 is 0 Å². The van der Waals surface area contributed by atoms with Crippen molar-refractivity contribution in [2.75, 3.05) is 20.3 Å². The molecule has 0 aromatic carbocycles. The number of hydrogen-bond donors (Lipinski definition) is 1. The summed E-state index contributed by atoms with van der Waals surface area (Å²) in [5.41, 5.74) is 0. The van der Waals surface area contributed by atoms with Crippen LogP contribution in [-0.2, 0) is 4.74 Å². The molecule has 0 saturated heterocycles. The first-order valence-electron chi connectivity index (χ1n) is 3.16. The van der Waals surface area contributed by atoms with Gasteiger partial charge in [-0.1, -0.05) is 0 Å². The standard InChI is InChI=1S/C4H10O.C2H3N.CH4O/c1-3-5-4-2;1-2-3;1-2/h3-4H2,1-2H3;1H3;2H,1H3. The molecule has 0 amide bonds. The summed E-state index contributed by atoms with van der Waals surface area (Å²) < 4.78 is 4.83. The van der Waals surface area contributed by atoms with Crippen molar-refractivity contribution in [1.29, 1.82) is 5.26 Å². The average Bonchev–Trinajstić information content (AvgIpc) is 1.96. The Morgan fingerprint density at radius 3 is 1.50 bits per heavy atom. The summed E-state index contributed by atoms with van der Waals surface area (Å²) in [5, 5.41) is 14.3. The quantitative estimate of drug-likeness (QED) is 0.638. The molecule has 0 aliphatic rings. The summed E-state index contributed by atoms with van der Waals surface area (Å²) in [5.74, 6) is 0. The van der Waals surface area contributed by atoms with E-state index >= 15 is 0 Å². The molecule has 0 aliphatic heterocycles. The van der Waals surface area contributed by atoms with Gasteiger partial charge in [0.25, 0.3) is 0 Å². The second-order valence-corrected chi connectivity index (χ2v) is 1.01. The maximum Gasteiger partial charge on any atom is 0.0587 e. The Hall–Kier alpha value is -0.590. The van der Waals surface area contributed by atoms with Gasteiger partial charge in [-0.3, -0.25) is 0 Å². The number of aliphatic hydroxyl groups excluding tert-OH is 1. The van der Waals surface area contributed by atoms with Gasteiger partial charge in [0, 0.05) is 27.2 Å². The first-order chi connectivity index (χ1) is 4.83. The topological polar surface area (TPSA) is 53.2 Å². The lowest BCUT2D eigenvalue weighted by atomic mass is 10.8. The fourth-order valence-corrected chi connectivity index (χ4v) is 0.204. The summed E-state index contributed by atoms with van der Waals surface area (Å²) in [6, 6.07) is 1.75. The predicted octanol–water partition coefficient (Wildman–Crippen LogP) is 1.18. The van der Waals surface area contributed by atoms with Crippen molar-refractivity contribution in [3.8, 4) is 6.07 Å². The van der Waals surface area contributed by atoms with Crippen LogP contribution < -0.4 is 0 Å². The number of nitriles is 1. The second kappa shape index (κ2) is 39.7. The second-order valence-electron chi connectivity index (χ2n) is 1.01. The van der Waals surface area contributed by atoms with E-state index in [0.29, 0.717) is 0 Å². The highest BCUT2D eigenvalue weighted by molar-refractivity contribution is 4.51. The molecule has 10 heavy (non-hydrogen) atoms. The molecule has 0 atom stereocenters. The van der Waals surface area contributed by atoms with Crippen LogP contribution in [0.5, 0.6) is 0 Å². The maximum absolute atomic E-state index is 7.32. The van der Waals surface area contributed by atoms with Gasteiger partial charge in [-0.25, -0.2) is 0 Å². The summed E-state index contributed by atoms with van der Waals surface area (Å²) in [4.78, 5) is 0. The van der Waals surface area contributed by atoms with Gasteiger partial charge in [-0.05, 0) is 13.8 Å². The number of ether oxygens (including phenoxy) is 1. The highest BCUT2D eigenvalue weighted by atomic mass is 16.5. The van der Waals surface area contributed by atoms with Crippen LogP contribution in [0.25, 0.3) is 0 Å².